The van der Waals surface area contributed by atoms with E-state index in [1.54, 1.807) is 0 Å². The van der Waals surface area contributed by atoms with E-state index in [0.717, 1.165) is 29.9 Å². The number of aliphatic imine (C=N–C) groups is 1. The lowest BCUT2D eigenvalue weighted by atomic mass is 10.0. The molecule has 5 heteroatoms. The number of nitrogens with zero attached hydrogens (tertiary/aromatic N) is 2. The van der Waals surface area contributed by atoms with Crippen LogP contribution in [0, 0.1) is 0 Å². The van der Waals surface area contributed by atoms with Gasteiger partial charge in [-0.1, -0.05) is 0 Å². The lowest BCUT2D eigenvalue weighted by Crippen LogP contribution is -2.47. The zero-order valence-corrected chi connectivity index (χ0v) is 11.5. The molecule has 1 fully saturated rings. The van der Waals surface area contributed by atoms with Crippen molar-refractivity contribution < 1.29 is 9.47 Å². The van der Waals surface area contributed by atoms with E-state index in [1.807, 2.05) is 13.0 Å². The summed E-state index contributed by atoms with van der Waals surface area (Å²) < 4.78 is 11.3. The molecule has 5 nitrogen and oxygen atoms in total. The molecule has 1 saturated heterocycles. The van der Waals surface area contributed by atoms with E-state index in [9.17, 15) is 0 Å². The van der Waals surface area contributed by atoms with Gasteiger partial charge in [-0.3, -0.25) is 9.47 Å². The molecule has 0 atom stereocenters. The van der Waals surface area contributed by atoms with Crippen LogP contribution in [-0.2, 0) is 15.4 Å². The monoisotopic (exact) mass is 261 g/mol. The summed E-state index contributed by atoms with van der Waals surface area (Å²) in [4.78, 5) is 6.60. The predicted octanol–water partition coefficient (Wildman–Crippen LogP) is 1.75. The van der Waals surface area contributed by atoms with Crippen molar-refractivity contribution in [1.29, 1.82) is 0 Å². The van der Waals surface area contributed by atoms with Gasteiger partial charge in [-0.25, -0.2) is 4.99 Å². The second-order valence-electron chi connectivity index (χ2n) is 4.78. The van der Waals surface area contributed by atoms with Crippen LogP contribution in [0.5, 0.6) is 0 Å². The number of amidine groups is 1. The first kappa shape index (κ1) is 12.4. The minimum atomic E-state index is -0.985. The lowest BCUT2D eigenvalue weighted by molar-refractivity contribution is -0.451. The smallest absolute Gasteiger partial charge is 0.304 e. The molecule has 2 N–H and O–H groups in total. The summed E-state index contributed by atoms with van der Waals surface area (Å²) in [5.41, 5.74) is 8.96. The van der Waals surface area contributed by atoms with Gasteiger partial charge in [-0.15, -0.1) is 0 Å². The highest BCUT2D eigenvalue weighted by atomic mass is 16.9. The van der Waals surface area contributed by atoms with Crippen molar-refractivity contribution in [3.63, 3.8) is 0 Å². The minimum absolute atomic E-state index is 0.232. The largest absolute Gasteiger partial charge is 0.383 e. The maximum Gasteiger partial charge on any atom is 0.304 e. The number of anilines is 1. The Morgan fingerprint density at radius 3 is 2.58 bits per heavy atom. The molecule has 1 aromatic rings. The van der Waals surface area contributed by atoms with Crippen LogP contribution >= 0.6 is 0 Å². The van der Waals surface area contributed by atoms with Gasteiger partial charge in [0.15, 0.2) is 6.29 Å². The van der Waals surface area contributed by atoms with Crippen molar-refractivity contribution in [2.75, 3.05) is 18.0 Å². The molecular formula is C14H19N3O2. The molecule has 0 bridgehead atoms. The number of rotatable bonds is 3. The van der Waals surface area contributed by atoms with Crippen molar-refractivity contribution in [2.45, 2.75) is 33.0 Å². The van der Waals surface area contributed by atoms with Gasteiger partial charge in [-0.2, -0.15) is 0 Å². The zero-order valence-electron chi connectivity index (χ0n) is 11.5. The third-order valence-electron chi connectivity index (χ3n) is 3.67. The molecule has 0 unspecified atom stereocenters. The first-order valence-corrected chi connectivity index (χ1v) is 6.70. The Hall–Kier alpha value is -1.59. The van der Waals surface area contributed by atoms with E-state index in [-0.39, 0.29) is 6.29 Å². The van der Waals surface area contributed by atoms with Gasteiger partial charge in [0.05, 0.1) is 0 Å². The third-order valence-corrected chi connectivity index (χ3v) is 3.67. The molecule has 1 spiro atoms. The molecule has 3 rings (SSSR count). The van der Waals surface area contributed by atoms with Crippen molar-refractivity contribution in [2.24, 2.45) is 10.7 Å². The number of ether oxygens (including phenoxy) is 2. The van der Waals surface area contributed by atoms with Crippen LogP contribution in [0.2, 0.25) is 0 Å². The standard InChI is InChI=1S/C14H19N3O2/c1-4-17(5-2)10-6-7-12-11(8-10)13(15)16-14(12)18-9(3)19-14/h6-9H,4-5H2,1-3H3,(H2,15,16). The van der Waals surface area contributed by atoms with Crippen LogP contribution in [0.4, 0.5) is 5.69 Å². The van der Waals surface area contributed by atoms with Gasteiger partial charge in [0, 0.05) is 29.9 Å². The van der Waals surface area contributed by atoms with Crippen LogP contribution in [-0.4, -0.2) is 25.2 Å². The van der Waals surface area contributed by atoms with E-state index < -0.39 is 5.91 Å². The second kappa shape index (κ2) is 4.21. The molecule has 0 aliphatic carbocycles. The molecule has 0 radical (unpaired) electrons. The molecule has 1 aromatic carbocycles. The molecular weight excluding hydrogens is 242 g/mol. The quantitative estimate of drug-likeness (QED) is 0.900. The third kappa shape index (κ3) is 1.73. The summed E-state index contributed by atoms with van der Waals surface area (Å²) in [6.45, 7) is 8.03. The SMILES string of the molecule is CCN(CC)c1ccc2c(c1)C(N)=NC21OC(C)O1. The van der Waals surface area contributed by atoms with E-state index in [1.165, 1.54) is 0 Å². The number of fused-ring (bicyclic) bond motifs is 2. The average molecular weight is 261 g/mol. The molecule has 102 valence electrons. The minimum Gasteiger partial charge on any atom is -0.383 e. The van der Waals surface area contributed by atoms with E-state index in [0.29, 0.717) is 5.84 Å². The number of nitrogens with two attached hydrogens (primary N) is 1. The Balaban J connectivity index is 1.99. The number of hydrogen-bond donors (Lipinski definition) is 1. The van der Waals surface area contributed by atoms with Crippen molar-refractivity contribution in [3.05, 3.63) is 29.3 Å². The van der Waals surface area contributed by atoms with Gasteiger partial charge >= 0.3 is 5.91 Å². The highest BCUT2D eigenvalue weighted by molar-refractivity contribution is 6.02. The molecule has 2 heterocycles. The average Bonchev–Trinajstić information content (AvgIpc) is 2.64. The molecule has 0 amide bonds. The highest BCUT2D eigenvalue weighted by Gasteiger charge is 2.52. The van der Waals surface area contributed by atoms with Crippen molar-refractivity contribution in [1.82, 2.24) is 0 Å². The Labute approximate surface area is 113 Å². The summed E-state index contributed by atoms with van der Waals surface area (Å²) in [7, 11) is 0. The Morgan fingerprint density at radius 1 is 1.32 bits per heavy atom. The Kier molecular flexibility index (Phi) is 2.76. The summed E-state index contributed by atoms with van der Waals surface area (Å²) >= 11 is 0. The molecule has 0 aromatic heterocycles. The van der Waals surface area contributed by atoms with Crippen LogP contribution in [0.25, 0.3) is 0 Å². The van der Waals surface area contributed by atoms with Crippen molar-refractivity contribution in [3.8, 4) is 0 Å². The lowest BCUT2D eigenvalue weighted by Gasteiger charge is -2.41. The first-order chi connectivity index (χ1) is 9.09. The Bertz CT molecular complexity index is 531. The van der Waals surface area contributed by atoms with E-state index in [2.05, 4.69) is 35.9 Å². The summed E-state index contributed by atoms with van der Waals surface area (Å²) in [6.07, 6.45) is -0.232. The predicted molar refractivity (Wildman–Crippen MR) is 74.0 cm³/mol. The van der Waals surface area contributed by atoms with Gasteiger partial charge in [0.1, 0.15) is 5.84 Å². The fourth-order valence-electron chi connectivity index (χ4n) is 2.72. The van der Waals surface area contributed by atoms with Crippen LogP contribution in [0.1, 0.15) is 31.9 Å². The van der Waals surface area contributed by atoms with Crippen molar-refractivity contribution >= 4 is 11.5 Å². The number of hydrogen-bond acceptors (Lipinski definition) is 5. The Morgan fingerprint density at radius 2 is 2.00 bits per heavy atom. The fraction of sp³-hybridized carbons (Fsp3) is 0.500. The van der Waals surface area contributed by atoms with E-state index >= 15 is 0 Å². The summed E-state index contributed by atoms with van der Waals surface area (Å²) in [5.74, 6) is -0.503. The molecule has 0 saturated carbocycles. The maximum atomic E-state index is 6.00. The van der Waals surface area contributed by atoms with Crippen LogP contribution in [0.3, 0.4) is 0 Å². The zero-order chi connectivity index (χ0) is 13.6. The first-order valence-electron chi connectivity index (χ1n) is 6.70. The second-order valence-corrected chi connectivity index (χ2v) is 4.78. The van der Waals surface area contributed by atoms with Gasteiger partial charge in [0.25, 0.3) is 0 Å². The van der Waals surface area contributed by atoms with Crippen LogP contribution < -0.4 is 10.6 Å². The van der Waals surface area contributed by atoms with Crippen LogP contribution in [0.15, 0.2) is 23.2 Å². The number of benzene rings is 1. The molecule has 2 aliphatic rings. The maximum absolute atomic E-state index is 6.00. The summed E-state index contributed by atoms with van der Waals surface area (Å²) in [5, 5.41) is 0. The molecule has 2 aliphatic heterocycles. The normalized spacial score (nSPS) is 27.9. The molecule has 19 heavy (non-hydrogen) atoms. The van der Waals surface area contributed by atoms with Gasteiger partial charge in [0.2, 0.25) is 0 Å². The topological polar surface area (TPSA) is 60.1 Å². The highest BCUT2D eigenvalue weighted by Crippen LogP contribution is 2.45. The van der Waals surface area contributed by atoms with Gasteiger partial charge < -0.3 is 10.6 Å². The summed E-state index contributed by atoms with van der Waals surface area (Å²) in [6, 6.07) is 6.13. The fourth-order valence-corrected chi connectivity index (χ4v) is 2.72. The van der Waals surface area contributed by atoms with Gasteiger partial charge in [-0.05, 0) is 39.0 Å². The van der Waals surface area contributed by atoms with E-state index in [4.69, 9.17) is 15.2 Å².